The van der Waals surface area contributed by atoms with Gasteiger partial charge in [0.25, 0.3) is 0 Å². The lowest BCUT2D eigenvalue weighted by Crippen LogP contribution is -2.59. The van der Waals surface area contributed by atoms with Gasteiger partial charge in [0.05, 0.1) is 7.11 Å². The summed E-state index contributed by atoms with van der Waals surface area (Å²) in [6, 6.07) is 0. The lowest BCUT2D eigenvalue weighted by molar-refractivity contribution is -0.197. The molecule has 10 atom stereocenters. The minimum Gasteiger partial charge on any atom is -0.469 e. The van der Waals surface area contributed by atoms with Crippen molar-refractivity contribution in [1.82, 2.24) is 0 Å². The van der Waals surface area contributed by atoms with Gasteiger partial charge in [0.1, 0.15) is 12.2 Å². The predicted octanol–water partition coefficient (Wildman–Crippen LogP) is 5.71. The summed E-state index contributed by atoms with van der Waals surface area (Å²) in [7, 11) is 1.47. The molecule has 0 bridgehead atoms. The SMILES string of the molecule is COC(=O)CC[C@H](C)[C@H]1CCC2C3C(CC[C@@]21C)[C@@]1(C)CC[C@@H](OC(C)=O)C[C@H]1C[C@H]3OC(C)=O. The molecule has 0 aromatic rings. The molecule has 0 aromatic carbocycles. The standard InChI is InChI=1S/C29H46O6/c1-17(7-10-26(32)33-6)22-8-9-23-27-24(12-14-29(22,23)5)28(4)13-11-21(34-18(2)30)15-20(28)16-25(27)35-19(3)31/h17,20-25,27H,7-16H2,1-6H3/t17-,20-,21+,22+,23?,24?,25+,27?,28-,29+/m0/s1. The van der Waals surface area contributed by atoms with Crippen molar-refractivity contribution in [2.24, 2.45) is 46.3 Å². The van der Waals surface area contributed by atoms with Crippen LogP contribution >= 0.6 is 0 Å². The molecule has 6 heteroatoms. The summed E-state index contributed by atoms with van der Waals surface area (Å²) in [6.07, 6.45) is 9.80. The number of carbonyl (C=O) groups is 3. The van der Waals surface area contributed by atoms with Gasteiger partial charge in [-0.05, 0) is 98.2 Å². The second-order valence-corrected chi connectivity index (χ2v) is 12.7. The zero-order chi connectivity index (χ0) is 25.5. The summed E-state index contributed by atoms with van der Waals surface area (Å²) < 4.78 is 16.6. The molecule has 0 amide bonds. The first kappa shape index (κ1) is 26.5. The van der Waals surface area contributed by atoms with Crippen molar-refractivity contribution in [3.63, 3.8) is 0 Å². The first-order chi connectivity index (χ1) is 16.5. The van der Waals surface area contributed by atoms with E-state index in [9.17, 15) is 14.4 Å². The molecular weight excluding hydrogens is 444 g/mol. The average molecular weight is 491 g/mol. The van der Waals surface area contributed by atoms with Crippen LogP contribution < -0.4 is 0 Å². The predicted molar refractivity (Wildman–Crippen MR) is 132 cm³/mol. The highest BCUT2D eigenvalue weighted by molar-refractivity contribution is 5.69. The Bertz CT molecular complexity index is 824. The molecule has 4 aliphatic carbocycles. The molecule has 0 radical (unpaired) electrons. The van der Waals surface area contributed by atoms with Gasteiger partial charge < -0.3 is 14.2 Å². The van der Waals surface area contributed by atoms with Crippen molar-refractivity contribution in [2.75, 3.05) is 7.11 Å². The number of carbonyl (C=O) groups excluding carboxylic acids is 3. The van der Waals surface area contributed by atoms with E-state index in [-0.39, 0.29) is 40.9 Å². The monoisotopic (exact) mass is 490 g/mol. The number of hydrogen-bond donors (Lipinski definition) is 0. The molecule has 0 aromatic heterocycles. The number of esters is 3. The molecular formula is C29H46O6. The highest BCUT2D eigenvalue weighted by Crippen LogP contribution is 2.68. The van der Waals surface area contributed by atoms with Crippen LogP contribution in [-0.4, -0.2) is 37.2 Å². The van der Waals surface area contributed by atoms with Gasteiger partial charge in [0.2, 0.25) is 0 Å². The fourth-order valence-electron chi connectivity index (χ4n) is 9.46. The minimum atomic E-state index is -0.199. The van der Waals surface area contributed by atoms with E-state index in [0.29, 0.717) is 41.9 Å². The number of rotatable bonds is 6. The minimum absolute atomic E-state index is 0.0134. The van der Waals surface area contributed by atoms with Crippen LogP contribution in [0.2, 0.25) is 0 Å². The summed E-state index contributed by atoms with van der Waals surface area (Å²) in [6.45, 7) is 10.3. The lowest BCUT2D eigenvalue weighted by Gasteiger charge is -2.62. The van der Waals surface area contributed by atoms with Crippen LogP contribution in [0.3, 0.4) is 0 Å². The first-order valence-electron chi connectivity index (χ1n) is 13.9. The Kier molecular flexibility index (Phi) is 7.60. The maximum Gasteiger partial charge on any atom is 0.305 e. The van der Waals surface area contributed by atoms with Crippen LogP contribution in [0.15, 0.2) is 0 Å². The van der Waals surface area contributed by atoms with Crippen molar-refractivity contribution < 1.29 is 28.6 Å². The molecule has 4 rings (SSSR count). The normalized spacial score (nSPS) is 43.2. The molecule has 6 nitrogen and oxygen atoms in total. The van der Waals surface area contributed by atoms with Gasteiger partial charge in [-0.25, -0.2) is 0 Å². The van der Waals surface area contributed by atoms with Crippen LogP contribution in [0.25, 0.3) is 0 Å². The summed E-state index contributed by atoms with van der Waals surface area (Å²) in [5.74, 6) is 2.43. The molecule has 0 aliphatic heterocycles. The van der Waals surface area contributed by atoms with E-state index in [1.165, 1.54) is 39.7 Å². The molecule has 3 unspecified atom stereocenters. The maximum atomic E-state index is 12.2. The summed E-state index contributed by atoms with van der Waals surface area (Å²) in [4.78, 5) is 35.6. The fraction of sp³-hybridized carbons (Fsp3) is 0.897. The zero-order valence-corrected chi connectivity index (χ0v) is 22.6. The topological polar surface area (TPSA) is 78.9 Å². The maximum absolute atomic E-state index is 12.2. The Morgan fingerprint density at radius 1 is 0.886 bits per heavy atom. The second-order valence-electron chi connectivity index (χ2n) is 12.7. The third-order valence-corrected chi connectivity index (χ3v) is 11.1. The molecule has 4 fully saturated rings. The Balaban J connectivity index is 1.57. The van der Waals surface area contributed by atoms with Gasteiger partial charge in [0.15, 0.2) is 0 Å². The van der Waals surface area contributed by atoms with E-state index in [1.54, 1.807) is 6.92 Å². The Morgan fingerprint density at radius 3 is 2.20 bits per heavy atom. The number of methoxy groups -OCH3 is 1. The third-order valence-electron chi connectivity index (χ3n) is 11.1. The smallest absolute Gasteiger partial charge is 0.305 e. The van der Waals surface area contributed by atoms with Crippen LogP contribution in [0.5, 0.6) is 0 Å². The van der Waals surface area contributed by atoms with Gasteiger partial charge in [-0.3, -0.25) is 14.4 Å². The number of hydrogen-bond acceptors (Lipinski definition) is 6. The third kappa shape index (κ3) is 4.87. The lowest BCUT2D eigenvalue weighted by atomic mass is 9.43. The molecule has 35 heavy (non-hydrogen) atoms. The van der Waals surface area contributed by atoms with Gasteiger partial charge in [-0.1, -0.05) is 20.8 Å². The largest absolute Gasteiger partial charge is 0.469 e. The van der Waals surface area contributed by atoms with E-state index in [1.807, 2.05) is 0 Å². The van der Waals surface area contributed by atoms with Crippen molar-refractivity contribution >= 4 is 17.9 Å². The van der Waals surface area contributed by atoms with E-state index in [2.05, 4.69) is 20.8 Å². The van der Waals surface area contributed by atoms with Crippen molar-refractivity contribution in [1.29, 1.82) is 0 Å². The quantitative estimate of drug-likeness (QED) is 0.351. The molecule has 4 saturated carbocycles. The van der Waals surface area contributed by atoms with Gasteiger partial charge in [0, 0.05) is 26.2 Å². The Labute approximate surface area is 211 Å². The van der Waals surface area contributed by atoms with Gasteiger partial charge >= 0.3 is 17.9 Å². The Hall–Kier alpha value is -1.59. The molecule has 198 valence electrons. The van der Waals surface area contributed by atoms with Crippen molar-refractivity contribution in [2.45, 2.75) is 111 Å². The van der Waals surface area contributed by atoms with Crippen molar-refractivity contribution in [3.05, 3.63) is 0 Å². The zero-order valence-electron chi connectivity index (χ0n) is 22.6. The van der Waals surface area contributed by atoms with Crippen LogP contribution in [-0.2, 0) is 28.6 Å². The van der Waals surface area contributed by atoms with E-state index >= 15 is 0 Å². The van der Waals surface area contributed by atoms with Crippen LogP contribution in [0.1, 0.15) is 98.8 Å². The summed E-state index contributed by atoms with van der Waals surface area (Å²) in [5.41, 5.74) is 0.418. The fourth-order valence-corrected chi connectivity index (χ4v) is 9.46. The van der Waals surface area contributed by atoms with Crippen molar-refractivity contribution in [3.8, 4) is 0 Å². The molecule has 4 aliphatic rings. The van der Waals surface area contributed by atoms with E-state index < -0.39 is 0 Å². The highest BCUT2D eigenvalue weighted by atomic mass is 16.5. The second kappa shape index (κ2) is 10.0. The molecule has 0 spiro atoms. The number of ether oxygens (including phenoxy) is 3. The van der Waals surface area contributed by atoms with Crippen LogP contribution in [0.4, 0.5) is 0 Å². The number of fused-ring (bicyclic) bond motifs is 5. The molecule has 0 N–H and O–H groups in total. The average Bonchev–Trinajstić information content (AvgIpc) is 3.14. The molecule has 0 saturated heterocycles. The summed E-state index contributed by atoms with van der Waals surface area (Å²) in [5, 5.41) is 0. The molecule has 0 heterocycles. The van der Waals surface area contributed by atoms with Gasteiger partial charge in [-0.2, -0.15) is 0 Å². The van der Waals surface area contributed by atoms with Gasteiger partial charge in [-0.15, -0.1) is 0 Å². The first-order valence-corrected chi connectivity index (χ1v) is 13.9. The van der Waals surface area contributed by atoms with E-state index in [0.717, 1.165) is 32.1 Å². The van der Waals surface area contributed by atoms with E-state index in [4.69, 9.17) is 14.2 Å². The summed E-state index contributed by atoms with van der Waals surface area (Å²) >= 11 is 0. The van der Waals surface area contributed by atoms with Crippen LogP contribution in [0, 0.1) is 46.3 Å². The Morgan fingerprint density at radius 2 is 1.54 bits per heavy atom. The highest BCUT2D eigenvalue weighted by Gasteiger charge is 2.63.